The number of rotatable bonds is 2. The van der Waals surface area contributed by atoms with Gasteiger partial charge in [-0.2, -0.15) is 23.5 Å². The van der Waals surface area contributed by atoms with E-state index in [1.807, 2.05) is 41.7 Å². The molecule has 3 unspecified atom stereocenters. The molecule has 0 bridgehead atoms. The van der Waals surface area contributed by atoms with Crippen LogP contribution in [0, 0.1) is 0 Å². The summed E-state index contributed by atoms with van der Waals surface area (Å²) in [4.78, 5) is 0. The van der Waals surface area contributed by atoms with E-state index in [0.29, 0.717) is 10.5 Å². The maximum Gasteiger partial charge on any atom is 0.0925 e. The molecule has 3 heteroatoms. The number of aliphatic hydroxyl groups is 1. The molecule has 1 saturated heterocycles. The third kappa shape index (κ3) is 2.64. The summed E-state index contributed by atoms with van der Waals surface area (Å²) in [5, 5.41) is 14.0. The largest absolute Gasteiger partial charge is 0.387 e. The zero-order chi connectivity index (χ0) is 13.2. The zero-order valence-corrected chi connectivity index (χ0v) is 12.6. The Labute approximate surface area is 122 Å². The third-order valence-corrected chi connectivity index (χ3v) is 6.87. The molecule has 0 radical (unpaired) electrons. The highest BCUT2D eigenvalue weighted by Gasteiger charge is 2.30. The number of hydrogen-bond acceptors (Lipinski definition) is 3. The molecule has 0 spiro atoms. The van der Waals surface area contributed by atoms with Crippen molar-refractivity contribution in [3.8, 4) is 0 Å². The van der Waals surface area contributed by atoms with Gasteiger partial charge in [0.15, 0.2) is 0 Å². The summed E-state index contributed by atoms with van der Waals surface area (Å²) < 4.78 is 0. The van der Waals surface area contributed by atoms with Gasteiger partial charge in [-0.25, -0.2) is 0 Å². The Morgan fingerprint density at radius 2 is 1.79 bits per heavy atom. The second kappa shape index (κ2) is 5.78. The average molecular weight is 290 g/mol. The van der Waals surface area contributed by atoms with Gasteiger partial charge in [0.2, 0.25) is 0 Å². The lowest BCUT2D eigenvalue weighted by Crippen LogP contribution is -2.29. The summed E-state index contributed by atoms with van der Waals surface area (Å²) >= 11 is 3.89. The van der Waals surface area contributed by atoms with Gasteiger partial charge in [0, 0.05) is 22.0 Å². The topological polar surface area (TPSA) is 20.2 Å². The molecule has 1 aliphatic rings. The summed E-state index contributed by atoms with van der Waals surface area (Å²) in [5.41, 5.74) is 1.07. The molecule has 0 amide bonds. The molecule has 19 heavy (non-hydrogen) atoms. The molecule has 2 aromatic rings. The Balaban J connectivity index is 1.99. The van der Waals surface area contributed by atoms with Crippen LogP contribution in [0.4, 0.5) is 0 Å². The monoisotopic (exact) mass is 290 g/mol. The van der Waals surface area contributed by atoms with Crippen molar-refractivity contribution in [2.45, 2.75) is 23.5 Å². The molecular formula is C16H18OS2. The van der Waals surface area contributed by atoms with Gasteiger partial charge in [-0.1, -0.05) is 49.4 Å². The van der Waals surface area contributed by atoms with Gasteiger partial charge in [0.1, 0.15) is 0 Å². The summed E-state index contributed by atoms with van der Waals surface area (Å²) in [5.74, 6) is 2.34. The lowest BCUT2D eigenvalue weighted by Gasteiger charge is -2.32. The highest BCUT2D eigenvalue weighted by molar-refractivity contribution is 8.07. The normalized spacial score (nSPS) is 25.4. The van der Waals surface area contributed by atoms with Gasteiger partial charge in [-0.15, -0.1) is 0 Å². The van der Waals surface area contributed by atoms with E-state index in [9.17, 15) is 5.11 Å². The van der Waals surface area contributed by atoms with E-state index in [2.05, 4.69) is 31.2 Å². The maximum atomic E-state index is 10.8. The fraction of sp³-hybridized carbons (Fsp3) is 0.375. The van der Waals surface area contributed by atoms with Crippen LogP contribution in [0.5, 0.6) is 0 Å². The molecule has 1 N–H and O–H groups in total. The Morgan fingerprint density at radius 3 is 2.63 bits per heavy atom. The number of fused-ring (bicyclic) bond motifs is 1. The van der Waals surface area contributed by atoms with E-state index >= 15 is 0 Å². The predicted octanol–water partition coefficient (Wildman–Crippen LogP) is 4.11. The minimum atomic E-state index is -0.376. The second-order valence-electron chi connectivity index (χ2n) is 4.92. The molecule has 1 heterocycles. The van der Waals surface area contributed by atoms with Gasteiger partial charge >= 0.3 is 0 Å². The summed E-state index contributed by atoms with van der Waals surface area (Å²) in [7, 11) is 0. The van der Waals surface area contributed by atoms with E-state index < -0.39 is 0 Å². The van der Waals surface area contributed by atoms with Crippen molar-refractivity contribution in [1.82, 2.24) is 0 Å². The first kappa shape index (κ1) is 13.3. The van der Waals surface area contributed by atoms with Gasteiger partial charge in [-0.3, -0.25) is 0 Å². The van der Waals surface area contributed by atoms with Crippen molar-refractivity contribution in [3.05, 3.63) is 48.0 Å². The SMILES string of the molecule is CC1SCCSC1C(O)c1cccc2ccccc12. The second-order valence-corrected chi connectivity index (χ2v) is 7.70. The first-order valence-corrected chi connectivity index (χ1v) is 8.76. The predicted molar refractivity (Wildman–Crippen MR) is 87.1 cm³/mol. The van der Waals surface area contributed by atoms with Crippen LogP contribution in [-0.2, 0) is 0 Å². The standard InChI is InChI=1S/C16H18OS2/c1-11-16(19-10-9-18-11)15(17)14-8-4-6-12-5-2-3-7-13(12)14/h2-8,11,15-17H,9-10H2,1H3. The summed E-state index contributed by atoms with van der Waals surface area (Å²) in [6.07, 6.45) is -0.376. The van der Waals surface area contributed by atoms with Crippen molar-refractivity contribution in [1.29, 1.82) is 0 Å². The summed E-state index contributed by atoms with van der Waals surface area (Å²) in [6, 6.07) is 14.5. The molecule has 1 fully saturated rings. The number of benzene rings is 2. The van der Waals surface area contributed by atoms with Gasteiger partial charge in [-0.05, 0) is 16.3 Å². The third-order valence-electron chi connectivity index (χ3n) is 3.69. The van der Waals surface area contributed by atoms with Crippen LogP contribution >= 0.6 is 23.5 Å². The average Bonchev–Trinajstić information content (AvgIpc) is 2.46. The smallest absolute Gasteiger partial charge is 0.0925 e. The fourth-order valence-electron chi connectivity index (χ4n) is 2.68. The van der Waals surface area contributed by atoms with Gasteiger partial charge in [0.05, 0.1) is 6.10 Å². The Hall–Kier alpha value is -0.640. The quantitative estimate of drug-likeness (QED) is 0.899. The molecule has 0 saturated carbocycles. The minimum Gasteiger partial charge on any atom is -0.387 e. The first-order chi connectivity index (χ1) is 9.27. The molecule has 1 aliphatic heterocycles. The van der Waals surface area contributed by atoms with Crippen LogP contribution in [-0.4, -0.2) is 27.1 Å². The summed E-state index contributed by atoms with van der Waals surface area (Å²) in [6.45, 7) is 2.23. The lowest BCUT2D eigenvalue weighted by molar-refractivity contribution is 0.175. The van der Waals surface area contributed by atoms with Crippen LogP contribution in [0.3, 0.4) is 0 Å². The Kier molecular flexibility index (Phi) is 4.06. The van der Waals surface area contributed by atoms with Crippen LogP contribution in [0.15, 0.2) is 42.5 Å². The van der Waals surface area contributed by atoms with E-state index in [4.69, 9.17) is 0 Å². The molecule has 1 nitrogen and oxygen atoms in total. The minimum absolute atomic E-state index is 0.296. The Bertz CT molecular complexity index is 564. The first-order valence-electron chi connectivity index (χ1n) is 6.66. The van der Waals surface area contributed by atoms with Crippen LogP contribution in [0.2, 0.25) is 0 Å². The maximum absolute atomic E-state index is 10.8. The number of aliphatic hydroxyl groups excluding tert-OH is 1. The molecule has 0 aliphatic carbocycles. The van der Waals surface area contributed by atoms with Crippen molar-refractivity contribution in [2.24, 2.45) is 0 Å². The van der Waals surface area contributed by atoms with Gasteiger partial charge < -0.3 is 5.11 Å². The van der Waals surface area contributed by atoms with Crippen LogP contribution in [0.1, 0.15) is 18.6 Å². The van der Waals surface area contributed by atoms with Crippen molar-refractivity contribution in [2.75, 3.05) is 11.5 Å². The number of thioether (sulfide) groups is 2. The van der Waals surface area contributed by atoms with Crippen molar-refractivity contribution < 1.29 is 5.11 Å². The molecule has 100 valence electrons. The highest BCUT2D eigenvalue weighted by Crippen LogP contribution is 2.40. The van der Waals surface area contributed by atoms with Crippen molar-refractivity contribution in [3.63, 3.8) is 0 Å². The van der Waals surface area contributed by atoms with E-state index in [0.717, 1.165) is 11.3 Å². The highest BCUT2D eigenvalue weighted by atomic mass is 32.2. The number of hydrogen-bond donors (Lipinski definition) is 1. The molecule has 2 aromatic carbocycles. The van der Waals surface area contributed by atoms with Crippen molar-refractivity contribution >= 4 is 34.3 Å². The van der Waals surface area contributed by atoms with Gasteiger partial charge in [0.25, 0.3) is 0 Å². The lowest BCUT2D eigenvalue weighted by atomic mass is 9.97. The fourth-order valence-corrected chi connectivity index (χ4v) is 5.51. The van der Waals surface area contributed by atoms with E-state index in [1.54, 1.807) is 0 Å². The molecular weight excluding hydrogens is 272 g/mol. The van der Waals surface area contributed by atoms with E-state index in [1.165, 1.54) is 16.5 Å². The van der Waals surface area contributed by atoms with Crippen LogP contribution < -0.4 is 0 Å². The Morgan fingerprint density at radius 1 is 1.05 bits per heavy atom. The molecule has 3 rings (SSSR count). The molecule has 3 atom stereocenters. The zero-order valence-electron chi connectivity index (χ0n) is 11.0. The van der Waals surface area contributed by atoms with Crippen LogP contribution in [0.25, 0.3) is 10.8 Å². The molecule has 0 aromatic heterocycles. The van der Waals surface area contributed by atoms with E-state index in [-0.39, 0.29) is 6.10 Å².